The Kier molecular flexibility index (Phi) is 1.39. The molecule has 1 aromatic heterocycles. The van der Waals surface area contributed by atoms with E-state index < -0.39 is 0 Å². The van der Waals surface area contributed by atoms with E-state index in [1.54, 1.807) is 12.4 Å². The second-order valence-corrected chi connectivity index (χ2v) is 2.75. The van der Waals surface area contributed by atoms with Gasteiger partial charge >= 0.3 is 0 Å². The Hall–Kier alpha value is -0.960. The minimum atomic E-state index is 0.105. The van der Waals surface area contributed by atoms with Crippen LogP contribution in [0.4, 0.5) is 0 Å². The van der Waals surface area contributed by atoms with Crippen molar-refractivity contribution in [2.24, 2.45) is 0 Å². The van der Waals surface area contributed by atoms with E-state index in [9.17, 15) is 0 Å². The predicted molar refractivity (Wildman–Crippen MR) is 39.9 cm³/mol. The van der Waals surface area contributed by atoms with Crippen molar-refractivity contribution in [2.45, 2.75) is 26.1 Å². The van der Waals surface area contributed by atoms with Crippen LogP contribution >= 0.6 is 0 Å². The number of hydrogen-bond donors (Lipinski definition) is 0. The van der Waals surface area contributed by atoms with Gasteiger partial charge in [-0.15, -0.1) is 0 Å². The summed E-state index contributed by atoms with van der Waals surface area (Å²) in [6.07, 6.45) is 3.62. The van der Waals surface area contributed by atoms with Gasteiger partial charge in [0.2, 0.25) is 0 Å². The Bertz CT molecular complexity index is 248. The van der Waals surface area contributed by atoms with Crippen LogP contribution in [0.15, 0.2) is 12.4 Å². The minimum Gasteiger partial charge on any atom is -0.363 e. The fourth-order valence-electron chi connectivity index (χ4n) is 1.42. The number of hydrogen-bond acceptors (Lipinski definition) is 3. The van der Waals surface area contributed by atoms with Gasteiger partial charge in [0.05, 0.1) is 23.6 Å². The van der Waals surface area contributed by atoms with Crippen molar-refractivity contribution in [1.29, 1.82) is 0 Å². The van der Waals surface area contributed by atoms with E-state index in [0.717, 1.165) is 11.4 Å². The summed E-state index contributed by atoms with van der Waals surface area (Å²) < 4.78 is 5.51. The zero-order chi connectivity index (χ0) is 7.84. The molecule has 0 unspecified atom stereocenters. The Morgan fingerprint density at radius 1 is 1.09 bits per heavy atom. The first-order chi connectivity index (χ1) is 5.29. The molecule has 0 aromatic carbocycles. The third-order valence-corrected chi connectivity index (χ3v) is 1.93. The SMILES string of the molecule is C[C@H]1O[C@H](C)c2nccnc21. The molecule has 0 saturated carbocycles. The molecule has 2 heterocycles. The molecule has 0 spiro atoms. The molecule has 0 aliphatic carbocycles. The van der Waals surface area contributed by atoms with Crippen molar-refractivity contribution in [3.63, 3.8) is 0 Å². The molecule has 0 fully saturated rings. The molecule has 58 valence electrons. The van der Waals surface area contributed by atoms with Crippen molar-refractivity contribution >= 4 is 0 Å². The van der Waals surface area contributed by atoms with E-state index in [2.05, 4.69) is 9.97 Å². The topological polar surface area (TPSA) is 35.0 Å². The first-order valence-electron chi connectivity index (χ1n) is 3.75. The van der Waals surface area contributed by atoms with Crippen molar-refractivity contribution in [2.75, 3.05) is 0 Å². The van der Waals surface area contributed by atoms with Gasteiger partial charge in [-0.3, -0.25) is 9.97 Å². The second kappa shape index (κ2) is 2.27. The van der Waals surface area contributed by atoms with Crippen LogP contribution in [0.2, 0.25) is 0 Å². The fraction of sp³-hybridized carbons (Fsp3) is 0.500. The minimum absolute atomic E-state index is 0.105. The number of nitrogens with zero attached hydrogens (tertiary/aromatic N) is 2. The van der Waals surface area contributed by atoms with Crippen molar-refractivity contribution in [3.8, 4) is 0 Å². The molecule has 1 aliphatic rings. The second-order valence-electron chi connectivity index (χ2n) is 2.75. The summed E-state index contributed by atoms with van der Waals surface area (Å²) in [5.41, 5.74) is 1.97. The quantitative estimate of drug-likeness (QED) is 0.563. The number of rotatable bonds is 0. The lowest BCUT2D eigenvalue weighted by molar-refractivity contribution is 0.0307. The normalized spacial score (nSPS) is 28.5. The van der Waals surface area contributed by atoms with Gasteiger partial charge in [0.15, 0.2) is 0 Å². The summed E-state index contributed by atoms with van der Waals surface area (Å²) in [4.78, 5) is 8.41. The van der Waals surface area contributed by atoms with Gasteiger partial charge in [0.1, 0.15) is 0 Å². The fourth-order valence-corrected chi connectivity index (χ4v) is 1.42. The standard InChI is InChI=1S/C8H10N2O/c1-5-7-8(6(2)11-5)10-4-3-9-7/h3-6H,1-2H3/t5-,6-/m1/s1. The lowest BCUT2D eigenvalue weighted by Gasteiger charge is -2.02. The molecular weight excluding hydrogens is 140 g/mol. The molecular formula is C8H10N2O. The van der Waals surface area contributed by atoms with Crippen LogP contribution in [0.5, 0.6) is 0 Å². The lowest BCUT2D eigenvalue weighted by Crippen LogP contribution is -1.93. The Morgan fingerprint density at radius 3 is 2.00 bits per heavy atom. The van der Waals surface area contributed by atoms with Gasteiger partial charge in [-0.2, -0.15) is 0 Å². The Balaban J connectivity index is 2.52. The zero-order valence-corrected chi connectivity index (χ0v) is 6.61. The van der Waals surface area contributed by atoms with E-state index in [-0.39, 0.29) is 12.2 Å². The summed E-state index contributed by atoms with van der Waals surface area (Å²) in [7, 11) is 0. The predicted octanol–water partition coefficient (Wildman–Crippen LogP) is 1.63. The van der Waals surface area contributed by atoms with Gasteiger partial charge < -0.3 is 4.74 Å². The van der Waals surface area contributed by atoms with Crippen molar-refractivity contribution in [3.05, 3.63) is 23.8 Å². The third kappa shape index (κ3) is 0.922. The van der Waals surface area contributed by atoms with E-state index in [1.807, 2.05) is 13.8 Å². The highest BCUT2D eigenvalue weighted by Crippen LogP contribution is 2.34. The maximum Gasteiger partial charge on any atom is 0.0995 e. The summed E-state index contributed by atoms with van der Waals surface area (Å²) in [5.74, 6) is 0. The van der Waals surface area contributed by atoms with Crippen molar-refractivity contribution < 1.29 is 4.74 Å². The first kappa shape index (κ1) is 6.73. The molecule has 3 nitrogen and oxygen atoms in total. The number of ether oxygens (including phenoxy) is 1. The van der Waals surface area contributed by atoms with Gasteiger partial charge in [-0.05, 0) is 13.8 Å². The van der Waals surface area contributed by atoms with Crippen LogP contribution in [-0.4, -0.2) is 9.97 Å². The van der Waals surface area contributed by atoms with Crippen molar-refractivity contribution in [1.82, 2.24) is 9.97 Å². The highest BCUT2D eigenvalue weighted by atomic mass is 16.5. The molecule has 1 aromatic rings. The highest BCUT2D eigenvalue weighted by molar-refractivity contribution is 5.19. The Morgan fingerprint density at radius 2 is 1.55 bits per heavy atom. The highest BCUT2D eigenvalue weighted by Gasteiger charge is 2.27. The summed E-state index contributed by atoms with van der Waals surface area (Å²) in [5, 5.41) is 0. The molecule has 3 heteroatoms. The monoisotopic (exact) mass is 150 g/mol. The molecule has 0 radical (unpaired) electrons. The van der Waals surface area contributed by atoms with Gasteiger partial charge in [0.25, 0.3) is 0 Å². The molecule has 0 amide bonds. The maximum atomic E-state index is 5.51. The van der Waals surface area contributed by atoms with Crippen LogP contribution < -0.4 is 0 Å². The largest absolute Gasteiger partial charge is 0.363 e. The average Bonchev–Trinajstić information content (AvgIpc) is 2.30. The summed E-state index contributed by atoms with van der Waals surface area (Å²) >= 11 is 0. The molecule has 0 saturated heterocycles. The molecule has 11 heavy (non-hydrogen) atoms. The van der Waals surface area contributed by atoms with E-state index in [4.69, 9.17) is 4.74 Å². The number of fused-ring (bicyclic) bond motifs is 1. The Labute approximate surface area is 65.4 Å². The van der Waals surface area contributed by atoms with Gasteiger partial charge in [0, 0.05) is 12.4 Å². The van der Waals surface area contributed by atoms with E-state index >= 15 is 0 Å². The smallest absolute Gasteiger partial charge is 0.0995 e. The molecule has 2 rings (SSSR count). The molecule has 0 N–H and O–H groups in total. The van der Waals surface area contributed by atoms with Crippen LogP contribution in [-0.2, 0) is 4.74 Å². The lowest BCUT2D eigenvalue weighted by atomic mass is 10.2. The summed E-state index contributed by atoms with van der Waals surface area (Å²) in [6, 6.07) is 0. The molecule has 0 bridgehead atoms. The van der Waals surface area contributed by atoms with E-state index in [1.165, 1.54) is 0 Å². The first-order valence-corrected chi connectivity index (χ1v) is 3.75. The van der Waals surface area contributed by atoms with Crippen LogP contribution in [0.1, 0.15) is 37.4 Å². The van der Waals surface area contributed by atoms with Gasteiger partial charge in [-0.25, -0.2) is 0 Å². The van der Waals surface area contributed by atoms with Crippen LogP contribution in [0.3, 0.4) is 0 Å². The van der Waals surface area contributed by atoms with Crippen LogP contribution in [0, 0.1) is 0 Å². The zero-order valence-electron chi connectivity index (χ0n) is 6.61. The van der Waals surface area contributed by atoms with E-state index in [0.29, 0.717) is 0 Å². The average molecular weight is 150 g/mol. The summed E-state index contributed by atoms with van der Waals surface area (Å²) in [6.45, 7) is 3.99. The maximum absolute atomic E-state index is 5.51. The molecule has 2 atom stereocenters. The number of aromatic nitrogens is 2. The van der Waals surface area contributed by atoms with Gasteiger partial charge in [-0.1, -0.05) is 0 Å². The van der Waals surface area contributed by atoms with Crippen LogP contribution in [0.25, 0.3) is 0 Å². The molecule has 1 aliphatic heterocycles. The third-order valence-electron chi connectivity index (χ3n) is 1.93.